The molecule has 33 heavy (non-hydrogen) atoms. The zero-order valence-corrected chi connectivity index (χ0v) is 20.4. The molecule has 0 bridgehead atoms. The fraction of sp³-hybridized carbons (Fsp3) is 0.273. The van der Waals surface area contributed by atoms with Crippen LogP contribution in [0.1, 0.15) is 35.0 Å². The lowest BCUT2D eigenvalue weighted by Gasteiger charge is -2.29. The Kier molecular flexibility index (Phi) is 7.71. The molecule has 0 fully saturated rings. The highest BCUT2D eigenvalue weighted by molar-refractivity contribution is 7.92. The summed E-state index contributed by atoms with van der Waals surface area (Å²) in [6.07, 6.45) is 0.500. The molecule has 0 amide bonds. The molecule has 6 nitrogen and oxygen atoms in total. The van der Waals surface area contributed by atoms with E-state index < -0.39 is 33.4 Å². The van der Waals surface area contributed by atoms with Crippen molar-refractivity contribution in [3.63, 3.8) is 0 Å². The average molecular weight is 515 g/mol. The van der Waals surface area contributed by atoms with Crippen molar-refractivity contribution in [3.8, 4) is 0 Å². The first kappa shape index (κ1) is 25.1. The maximum atomic E-state index is 14.8. The van der Waals surface area contributed by atoms with E-state index in [0.29, 0.717) is 22.1 Å². The van der Waals surface area contributed by atoms with Crippen molar-refractivity contribution < 1.29 is 26.7 Å². The Hall–Kier alpha value is -2.56. The van der Waals surface area contributed by atoms with Gasteiger partial charge in [-0.15, -0.1) is 11.3 Å². The summed E-state index contributed by atoms with van der Waals surface area (Å²) in [6, 6.07) is 7.03. The van der Waals surface area contributed by atoms with Gasteiger partial charge in [-0.25, -0.2) is 22.2 Å². The first-order chi connectivity index (χ1) is 15.5. The van der Waals surface area contributed by atoms with Crippen molar-refractivity contribution in [3.05, 3.63) is 74.7 Å². The third kappa shape index (κ3) is 5.51. The number of methoxy groups -OCH3 is 1. The number of thiazole rings is 1. The van der Waals surface area contributed by atoms with Gasteiger partial charge < -0.3 is 4.74 Å². The van der Waals surface area contributed by atoms with Crippen LogP contribution in [0.3, 0.4) is 0 Å². The van der Waals surface area contributed by atoms with E-state index in [4.69, 9.17) is 11.6 Å². The summed E-state index contributed by atoms with van der Waals surface area (Å²) in [7, 11) is -3.04. The predicted molar refractivity (Wildman–Crippen MR) is 123 cm³/mol. The summed E-state index contributed by atoms with van der Waals surface area (Å²) in [5, 5.41) is 0.699. The zero-order valence-electron chi connectivity index (χ0n) is 18.0. The number of ether oxygens (including phenoxy) is 1. The summed E-state index contributed by atoms with van der Waals surface area (Å²) in [5.74, 6) is -2.07. The van der Waals surface area contributed by atoms with Gasteiger partial charge in [-0.05, 0) is 56.7 Å². The van der Waals surface area contributed by atoms with Crippen molar-refractivity contribution in [2.45, 2.75) is 37.6 Å². The van der Waals surface area contributed by atoms with E-state index in [9.17, 15) is 22.0 Å². The largest absolute Gasteiger partial charge is 0.469 e. The van der Waals surface area contributed by atoms with Crippen LogP contribution in [0.15, 0.2) is 47.4 Å². The Morgan fingerprint density at radius 2 is 1.88 bits per heavy atom. The van der Waals surface area contributed by atoms with Crippen molar-refractivity contribution in [1.82, 2.24) is 4.98 Å². The Labute approximate surface area is 199 Å². The number of rotatable bonds is 8. The van der Waals surface area contributed by atoms with Crippen LogP contribution >= 0.6 is 22.9 Å². The Balaban J connectivity index is 2.09. The monoisotopic (exact) mass is 514 g/mol. The van der Waals surface area contributed by atoms with Crippen LogP contribution in [0.2, 0.25) is 5.02 Å². The molecule has 0 saturated heterocycles. The number of halogens is 3. The van der Waals surface area contributed by atoms with Crippen LogP contribution in [0.5, 0.6) is 0 Å². The maximum absolute atomic E-state index is 14.8. The molecule has 1 aromatic heterocycles. The van der Waals surface area contributed by atoms with Crippen molar-refractivity contribution >= 4 is 44.6 Å². The minimum atomic E-state index is -4.33. The SMILES string of the molecule is COC(=O)CCc1sc(C(C)N(c2cc(F)ccc2F)S(=O)(=O)c2ccc(Cl)cc2)nc1C. The maximum Gasteiger partial charge on any atom is 0.305 e. The number of aromatic nitrogens is 1. The van der Waals surface area contributed by atoms with Gasteiger partial charge in [-0.2, -0.15) is 0 Å². The van der Waals surface area contributed by atoms with E-state index in [2.05, 4.69) is 9.72 Å². The number of anilines is 1. The van der Waals surface area contributed by atoms with Gasteiger partial charge in [0.15, 0.2) is 0 Å². The van der Waals surface area contributed by atoms with Crippen molar-refractivity contribution in [2.75, 3.05) is 11.4 Å². The molecular formula is C22H21ClF2N2O4S2. The number of hydrogen-bond donors (Lipinski definition) is 0. The first-order valence-corrected chi connectivity index (χ1v) is 12.5. The third-order valence-electron chi connectivity index (χ3n) is 4.92. The van der Waals surface area contributed by atoms with Crippen LogP contribution in [-0.2, 0) is 26.0 Å². The predicted octanol–water partition coefficient (Wildman–Crippen LogP) is 5.45. The van der Waals surface area contributed by atoms with E-state index in [1.54, 1.807) is 13.8 Å². The number of sulfonamides is 1. The summed E-state index contributed by atoms with van der Waals surface area (Å²) in [6.45, 7) is 3.28. The van der Waals surface area contributed by atoms with Gasteiger partial charge in [0, 0.05) is 16.0 Å². The fourth-order valence-corrected chi connectivity index (χ4v) is 6.12. The van der Waals surface area contributed by atoms with Crippen LogP contribution in [0, 0.1) is 18.6 Å². The molecule has 1 atom stereocenters. The van der Waals surface area contributed by atoms with E-state index in [1.165, 1.54) is 42.7 Å². The highest BCUT2D eigenvalue weighted by Gasteiger charge is 2.34. The number of esters is 1. The molecule has 0 saturated carbocycles. The van der Waals surface area contributed by atoms with Crippen LogP contribution in [0.4, 0.5) is 14.5 Å². The lowest BCUT2D eigenvalue weighted by molar-refractivity contribution is -0.140. The van der Waals surface area contributed by atoms with Crippen molar-refractivity contribution in [2.24, 2.45) is 0 Å². The lowest BCUT2D eigenvalue weighted by Crippen LogP contribution is -2.34. The number of benzene rings is 2. The fourth-order valence-electron chi connectivity index (χ4n) is 3.20. The van der Waals surface area contributed by atoms with Gasteiger partial charge in [0.25, 0.3) is 10.0 Å². The Bertz CT molecular complexity index is 1260. The summed E-state index contributed by atoms with van der Waals surface area (Å²) in [5.41, 5.74) is 0.177. The zero-order chi connectivity index (χ0) is 24.3. The number of hydrogen-bond acceptors (Lipinski definition) is 6. The molecule has 3 aromatic rings. The summed E-state index contributed by atoms with van der Waals surface area (Å²) >= 11 is 7.09. The quantitative estimate of drug-likeness (QED) is 0.374. The number of nitrogens with zero attached hydrogens (tertiary/aromatic N) is 2. The van der Waals surface area contributed by atoms with Gasteiger partial charge in [0.1, 0.15) is 16.6 Å². The van der Waals surface area contributed by atoms with Gasteiger partial charge in [-0.3, -0.25) is 9.10 Å². The molecule has 11 heteroatoms. The van der Waals surface area contributed by atoms with Gasteiger partial charge in [-0.1, -0.05) is 11.6 Å². The molecular weight excluding hydrogens is 494 g/mol. The van der Waals surface area contributed by atoms with Crippen LogP contribution in [-0.4, -0.2) is 26.5 Å². The number of aryl methyl sites for hydroxylation is 2. The topological polar surface area (TPSA) is 76.6 Å². The van der Waals surface area contributed by atoms with E-state index in [-0.39, 0.29) is 17.3 Å². The molecule has 176 valence electrons. The molecule has 0 radical (unpaired) electrons. The molecule has 0 aliphatic heterocycles. The molecule has 0 aliphatic carbocycles. The lowest BCUT2D eigenvalue weighted by atomic mass is 10.2. The number of carbonyl (C=O) groups is 1. The molecule has 3 rings (SSSR count). The number of carbonyl (C=O) groups excluding carboxylic acids is 1. The second-order valence-corrected chi connectivity index (χ2v) is 10.5. The molecule has 1 heterocycles. The summed E-state index contributed by atoms with van der Waals surface area (Å²) < 4.78 is 61.4. The molecule has 1 unspecified atom stereocenters. The minimum absolute atomic E-state index is 0.137. The van der Waals surface area contributed by atoms with Gasteiger partial charge in [0.2, 0.25) is 0 Å². The van der Waals surface area contributed by atoms with Gasteiger partial charge in [0.05, 0.1) is 35.8 Å². The van der Waals surface area contributed by atoms with E-state index >= 15 is 0 Å². The van der Waals surface area contributed by atoms with Crippen LogP contribution in [0.25, 0.3) is 0 Å². The van der Waals surface area contributed by atoms with E-state index in [1.807, 2.05) is 0 Å². The van der Waals surface area contributed by atoms with Crippen LogP contribution < -0.4 is 4.31 Å². The highest BCUT2D eigenvalue weighted by atomic mass is 35.5. The minimum Gasteiger partial charge on any atom is -0.469 e. The highest BCUT2D eigenvalue weighted by Crippen LogP contribution is 2.37. The molecule has 0 N–H and O–H groups in total. The molecule has 0 spiro atoms. The van der Waals surface area contributed by atoms with E-state index in [0.717, 1.165) is 27.4 Å². The molecule has 2 aromatic carbocycles. The standard InChI is InChI=1S/C22H21ClF2N2O4S2/c1-13-20(10-11-21(28)31-3)32-22(26-13)14(2)27(19-12-16(24)6-9-18(19)25)33(29,30)17-7-4-15(23)5-8-17/h4-9,12,14H,10-11H2,1-3H3. The Morgan fingerprint density at radius 3 is 2.52 bits per heavy atom. The Morgan fingerprint density at radius 1 is 1.21 bits per heavy atom. The van der Waals surface area contributed by atoms with Gasteiger partial charge >= 0.3 is 5.97 Å². The smallest absolute Gasteiger partial charge is 0.305 e. The average Bonchev–Trinajstić information content (AvgIpc) is 3.15. The second-order valence-electron chi connectivity index (χ2n) is 7.16. The summed E-state index contributed by atoms with van der Waals surface area (Å²) in [4.78, 5) is 16.6. The first-order valence-electron chi connectivity index (χ1n) is 9.82. The third-order valence-corrected chi connectivity index (χ3v) is 8.46. The second kappa shape index (κ2) is 10.1. The molecule has 0 aliphatic rings. The normalized spacial score (nSPS) is 12.4. The van der Waals surface area contributed by atoms with Crippen molar-refractivity contribution in [1.29, 1.82) is 0 Å².